The summed E-state index contributed by atoms with van der Waals surface area (Å²) in [6.07, 6.45) is 0. The average Bonchev–Trinajstić information content (AvgIpc) is 2.45. The summed E-state index contributed by atoms with van der Waals surface area (Å²) in [6, 6.07) is 11.7. The van der Waals surface area contributed by atoms with Crippen LogP contribution in [0.2, 0.25) is 0 Å². The summed E-state index contributed by atoms with van der Waals surface area (Å²) < 4.78 is 0. The van der Waals surface area contributed by atoms with Crippen LogP contribution in [0.15, 0.2) is 30.3 Å². The minimum Gasteiger partial charge on any atom is -0.328 e. The molecule has 0 aliphatic heterocycles. The second-order valence-electron chi connectivity index (χ2n) is 5.07. The van der Waals surface area contributed by atoms with Gasteiger partial charge >= 0.3 is 0 Å². The average molecular weight is 266 g/mol. The minimum atomic E-state index is 0.272. The number of nitriles is 1. The van der Waals surface area contributed by atoms with E-state index in [0.29, 0.717) is 5.56 Å². The van der Waals surface area contributed by atoms with E-state index in [1.807, 2.05) is 49.2 Å². The highest BCUT2D eigenvalue weighted by Crippen LogP contribution is 2.26. The topological polar surface area (TPSA) is 52.8 Å². The van der Waals surface area contributed by atoms with Crippen LogP contribution in [0.3, 0.4) is 0 Å². The molecule has 1 aromatic heterocycles. The molecule has 20 heavy (non-hydrogen) atoms. The van der Waals surface area contributed by atoms with Gasteiger partial charge in [0.2, 0.25) is 0 Å². The van der Waals surface area contributed by atoms with Crippen molar-refractivity contribution >= 4 is 11.5 Å². The number of para-hydroxylation sites is 1. The van der Waals surface area contributed by atoms with Gasteiger partial charge < -0.3 is 4.90 Å². The summed E-state index contributed by atoms with van der Waals surface area (Å²) in [5.74, 6) is 1.90. The third-order valence-corrected chi connectivity index (χ3v) is 3.10. The van der Waals surface area contributed by atoms with Crippen LogP contribution in [0.4, 0.5) is 11.5 Å². The molecule has 1 aromatic carbocycles. The van der Waals surface area contributed by atoms with E-state index in [0.717, 1.165) is 23.0 Å². The van der Waals surface area contributed by atoms with E-state index in [9.17, 15) is 5.26 Å². The van der Waals surface area contributed by atoms with E-state index < -0.39 is 0 Å². The molecule has 0 bridgehead atoms. The summed E-state index contributed by atoms with van der Waals surface area (Å²) in [5.41, 5.74) is 2.42. The van der Waals surface area contributed by atoms with Gasteiger partial charge in [0, 0.05) is 24.7 Å². The molecule has 102 valence electrons. The van der Waals surface area contributed by atoms with Gasteiger partial charge in [-0.3, -0.25) is 0 Å². The lowest BCUT2D eigenvalue weighted by atomic mass is 10.1. The second kappa shape index (κ2) is 5.70. The van der Waals surface area contributed by atoms with Crippen LogP contribution in [0.5, 0.6) is 0 Å². The molecule has 4 heteroatoms. The van der Waals surface area contributed by atoms with E-state index in [4.69, 9.17) is 0 Å². The van der Waals surface area contributed by atoms with Crippen LogP contribution < -0.4 is 4.90 Å². The van der Waals surface area contributed by atoms with Gasteiger partial charge in [-0.1, -0.05) is 26.0 Å². The van der Waals surface area contributed by atoms with Crippen LogP contribution in [0.25, 0.3) is 0 Å². The molecule has 0 atom stereocenters. The molecule has 0 aliphatic carbocycles. The minimum absolute atomic E-state index is 0.272. The zero-order valence-corrected chi connectivity index (χ0v) is 12.3. The maximum Gasteiger partial charge on any atom is 0.136 e. The Morgan fingerprint density at radius 3 is 2.55 bits per heavy atom. The van der Waals surface area contributed by atoms with Gasteiger partial charge in [0.25, 0.3) is 0 Å². The van der Waals surface area contributed by atoms with Gasteiger partial charge in [-0.2, -0.15) is 5.26 Å². The maximum atomic E-state index is 9.20. The summed E-state index contributed by atoms with van der Waals surface area (Å²) >= 11 is 0. The Balaban J connectivity index is 2.48. The lowest BCUT2D eigenvalue weighted by Crippen LogP contribution is -2.15. The van der Waals surface area contributed by atoms with E-state index in [1.165, 1.54) is 0 Å². The summed E-state index contributed by atoms with van der Waals surface area (Å²) in [4.78, 5) is 11.0. The first-order valence-electron chi connectivity index (χ1n) is 6.61. The Hall–Kier alpha value is -2.41. The third-order valence-electron chi connectivity index (χ3n) is 3.10. The number of hydrogen-bond donors (Lipinski definition) is 0. The quantitative estimate of drug-likeness (QED) is 0.852. The molecule has 0 N–H and O–H groups in total. The van der Waals surface area contributed by atoms with E-state index in [-0.39, 0.29) is 5.92 Å². The number of rotatable bonds is 3. The fourth-order valence-electron chi connectivity index (χ4n) is 1.99. The standard InChI is InChI=1S/C16H18N4/c1-11(2)16-18-12(3)9-15(19-16)20(4)14-8-6-5-7-13(14)10-17/h5-9,11H,1-4H3. The molecule has 0 saturated carbocycles. The second-order valence-corrected chi connectivity index (χ2v) is 5.07. The van der Waals surface area contributed by atoms with Crippen molar-refractivity contribution in [2.24, 2.45) is 0 Å². The molecule has 2 aromatic rings. The van der Waals surface area contributed by atoms with Crippen molar-refractivity contribution in [1.29, 1.82) is 5.26 Å². The van der Waals surface area contributed by atoms with Crippen LogP contribution in [-0.2, 0) is 0 Å². The first kappa shape index (κ1) is 14.0. The predicted octanol–water partition coefficient (Wildman–Crippen LogP) is 3.55. The van der Waals surface area contributed by atoms with Crippen LogP contribution in [-0.4, -0.2) is 17.0 Å². The largest absolute Gasteiger partial charge is 0.328 e. The molecule has 0 fully saturated rings. The van der Waals surface area contributed by atoms with Crippen LogP contribution >= 0.6 is 0 Å². The van der Waals surface area contributed by atoms with Gasteiger partial charge in [-0.15, -0.1) is 0 Å². The zero-order valence-electron chi connectivity index (χ0n) is 12.3. The Morgan fingerprint density at radius 2 is 1.90 bits per heavy atom. The van der Waals surface area contributed by atoms with Gasteiger partial charge in [0.05, 0.1) is 11.3 Å². The maximum absolute atomic E-state index is 9.20. The Morgan fingerprint density at radius 1 is 1.20 bits per heavy atom. The number of hydrogen-bond acceptors (Lipinski definition) is 4. The van der Waals surface area contributed by atoms with Crippen molar-refractivity contribution in [1.82, 2.24) is 9.97 Å². The summed E-state index contributed by atoms with van der Waals surface area (Å²) in [5, 5.41) is 9.20. The monoisotopic (exact) mass is 266 g/mol. The fraction of sp³-hybridized carbons (Fsp3) is 0.312. The lowest BCUT2D eigenvalue weighted by Gasteiger charge is -2.21. The van der Waals surface area contributed by atoms with Crippen LogP contribution in [0.1, 0.15) is 36.8 Å². The molecular formula is C16H18N4. The van der Waals surface area contributed by atoms with Gasteiger partial charge in [0.1, 0.15) is 17.7 Å². The number of anilines is 2. The fourth-order valence-corrected chi connectivity index (χ4v) is 1.99. The summed E-state index contributed by atoms with van der Waals surface area (Å²) in [6.45, 7) is 6.10. The first-order chi connectivity index (χ1) is 9.52. The highest BCUT2D eigenvalue weighted by atomic mass is 15.2. The van der Waals surface area contributed by atoms with E-state index >= 15 is 0 Å². The van der Waals surface area contributed by atoms with E-state index in [1.54, 1.807) is 0 Å². The molecule has 0 amide bonds. The molecule has 4 nitrogen and oxygen atoms in total. The number of aryl methyl sites for hydroxylation is 1. The SMILES string of the molecule is Cc1cc(N(C)c2ccccc2C#N)nc(C(C)C)n1. The van der Waals surface area contributed by atoms with Crippen molar-refractivity contribution in [2.75, 3.05) is 11.9 Å². The van der Waals surface area contributed by atoms with Crippen molar-refractivity contribution in [3.8, 4) is 6.07 Å². The van der Waals surface area contributed by atoms with Crippen molar-refractivity contribution in [3.05, 3.63) is 47.4 Å². The Labute approximate surface area is 119 Å². The van der Waals surface area contributed by atoms with E-state index in [2.05, 4.69) is 29.9 Å². The van der Waals surface area contributed by atoms with Gasteiger partial charge in [0.15, 0.2) is 0 Å². The predicted molar refractivity (Wildman–Crippen MR) is 80.1 cm³/mol. The molecule has 0 unspecified atom stereocenters. The third kappa shape index (κ3) is 2.77. The highest BCUT2D eigenvalue weighted by Gasteiger charge is 2.13. The molecular weight excluding hydrogens is 248 g/mol. The smallest absolute Gasteiger partial charge is 0.136 e. The number of benzene rings is 1. The number of nitrogens with zero attached hydrogens (tertiary/aromatic N) is 4. The zero-order chi connectivity index (χ0) is 14.7. The summed E-state index contributed by atoms with van der Waals surface area (Å²) in [7, 11) is 1.92. The van der Waals surface area contributed by atoms with Gasteiger partial charge in [-0.25, -0.2) is 9.97 Å². The Bertz CT molecular complexity index is 656. The molecule has 1 heterocycles. The first-order valence-corrected chi connectivity index (χ1v) is 6.61. The Kier molecular flexibility index (Phi) is 3.99. The number of aromatic nitrogens is 2. The van der Waals surface area contributed by atoms with Crippen LogP contribution in [0, 0.1) is 18.3 Å². The van der Waals surface area contributed by atoms with Crippen molar-refractivity contribution in [2.45, 2.75) is 26.7 Å². The highest BCUT2D eigenvalue weighted by molar-refractivity contribution is 5.66. The normalized spacial score (nSPS) is 10.4. The van der Waals surface area contributed by atoms with Crippen molar-refractivity contribution < 1.29 is 0 Å². The molecule has 0 aliphatic rings. The molecule has 0 saturated heterocycles. The lowest BCUT2D eigenvalue weighted by molar-refractivity contribution is 0.764. The molecule has 2 rings (SSSR count). The van der Waals surface area contributed by atoms with Crippen molar-refractivity contribution in [3.63, 3.8) is 0 Å². The molecule has 0 radical (unpaired) electrons. The van der Waals surface area contributed by atoms with Gasteiger partial charge in [-0.05, 0) is 19.1 Å². The molecule has 0 spiro atoms.